The fourth-order valence-corrected chi connectivity index (χ4v) is 3.47. The summed E-state index contributed by atoms with van der Waals surface area (Å²) in [6.45, 7) is 8.81. The van der Waals surface area contributed by atoms with Crippen LogP contribution in [0, 0.1) is 12.5 Å². The van der Waals surface area contributed by atoms with Gasteiger partial charge in [0.05, 0.1) is 12.2 Å². The summed E-state index contributed by atoms with van der Waals surface area (Å²) in [5, 5.41) is 8.62. The molecule has 0 saturated carbocycles. The molecular weight excluding hydrogens is 382 g/mol. The van der Waals surface area contributed by atoms with E-state index >= 15 is 0 Å². The third-order valence-electron chi connectivity index (χ3n) is 4.19. The Bertz CT molecular complexity index is 947. The molecule has 0 atom stereocenters. The average Bonchev–Trinajstić information content (AvgIpc) is 2.74. The van der Waals surface area contributed by atoms with E-state index < -0.39 is 0 Å². The lowest BCUT2D eigenvalue weighted by Gasteiger charge is -2.17. The number of terminal acetylenes is 1. The van der Waals surface area contributed by atoms with Crippen LogP contribution in [0.3, 0.4) is 0 Å². The van der Waals surface area contributed by atoms with Crippen LogP contribution >= 0.6 is 11.8 Å². The van der Waals surface area contributed by atoms with Gasteiger partial charge in [0.1, 0.15) is 0 Å². The summed E-state index contributed by atoms with van der Waals surface area (Å²) < 4.78 is 1.24. The molecule has 152 valence electrons. The van der Waals surface area contributed by atoms with Crippen molar-refractivity contribution >= 4 is 17.7 Å². The summed E-state index contributed by atoms with van der Waals surface area (Å²) >= 11 is 1.73. The van der Waals surface area contributed by atoms with E-state index in [2.05, 4.69) is 46.7 Å². The molecule has 2 rings (SSSR count). The fourth-order valence-electron chi connectivity index (χ4n) is 2.78. The predicted octanol–water partition coefficient (Wildman–Crippen LogP) is 3.49. The molecule has 0 amide bonds. The molecule has 0 saturated heterocycles. The second-order valence-corrected chi connectivity index (χ2v) is 7.05. The van der Waals surface area contributed by atoms with Gasteiger partial charge in [0, 0.05) is 30.1 Å². The number of hydrogen-bond acceptors (Lipinski definition) is 6. The van der Waals surface area contributed by atoms with E-state index in [1.54, 1.807) is 17.8 Å². The molecular formula is C22H27N5OS. The molecule has 0 aromatic carbocycles. The molecule has 1 aliphatic rings. The summed E-state index contributed by atoms with van der Waals surface area (Å²) in [6.07, 6.45) is 16.0. The second kappa shape index (κ2) is 11.7. The van der Waals surface area contributed by atoms with Gasteiger partial charge in [0.25, 0.3) is 5.56 Å². The molecule has 29 heavy (non-hydrogen) atoms. The SMILES string of the molecule is C#CNn1c(NCC2=CC=CSC2)nc(CNC(=C/C)/C(=C\C=C)CC)cc1=O. The summed E-state index contributed by atoms with van der Waals surface area (Å²) in [7, 11) is 0. The van der Waals surface area contributed by atoms with Crippen LogP contribution in [0.5, 0.6) is 0 Å². The molecule has 0 fully saturated rings. The van der Waals surface area contributed by atoms with Gasteiger partial charge in [-0.25, -0.2) is 10.4 Å². The van der Waals surface area contributed by atoms with E-state index in [-0.39, 0.29) is 5.56 Å². The highest BCUT2D eigenvalue weighted by atomic mass is 32.2. The number of allylic oxidation sites excluding steroid dienone is 6. The van der Waals surface area contributed by atoms with Crippen LogP contribution in [0.1, 0.15) is 26.0 Å². The number of hydrogen-bond donors (Lipinski definition) is 3. The number of nitrogens with zero attached hydrogens (tertiary/aromatic N) is 2. The largest absolute Gasteiger partial charge is 0.379 e. The van der Waals surface area contributed by atoms with Crippen molar-refractivity contribution in [2.45, 2.75) is 26.8 Å². The minimum Gasteiger partial charge on any atom is -0.379 e. The molecule has 1 aromatic rings. The fraction of sp³-hybridized carbons (Fsp3) is 0.273. The number of rotatable bonds is 10. The van der Waals surface area contributed by atoms with E-state index in [0.29, 0.717) is 24.7 Å². The van der Waals surface area contributed by atoms with Gasteiger partial charge in [0.15, 0.2) is 0 Å². The minimum absolute atomic E-state index is 0.275. The van der Waals surface area contributed by atoms with E-state index in [4.69, 9.17) is 6.42 Å². The third kappa shape index (κ3) is 6.47. The summed E-state index contributed by atoms with van der Waals surface area (Å²) in [5.74, 6) is 1.28. The molecule has 1 aromatic heterocycles. The van der Waals surface area contributed by atoms with Gasteiger partial charge in [-0.05, 0) is 29.9 Å². The Hall–Kier alpha value is -3.11. The first-order valence-corrected chi connectivity index (χ1v) is 10.4. The lowest BCUT2D eigenvalue weighted by molar-refractivity contribution is 0.758. The van der Waals surface area contributed by atoms with Crippen LogP contribution in [-0.2, 0) is 6.54 Å². The van der Waals surface area contributed by atoms with Crippen molar-refractivity contribution in [1.29, 1.82) is 0 Å². The Morgan fingerprint density at radius 2 is 2.31 bits per heavy atom. The van der Waals surface area contributed by atoms with Crippen molar-refractivity contribution in [2.24, 2.45) is 0 Å². The molecule has 6 nitrogen and oxygen atoms in total. The first kappa shape index (κ1) is 22.2. The molecule has 3 N–H and O–H groups in total. The third-order valence-corrected chi connectivity index (χ3v) is 5.08. The van der Waals surface area contributed by atoms with Gasteiger partial charge in [-0.1, -0.05) is 50.3 Å². The zero-order valence-electron chi connectivity index (χ0n) is 16.9. The molecule has 1 aliphatic heterocycles. The molecule has 0 bridgehead atoms. The molecule has 0 unspecified atom stereocenters. The Balaban J connectivity index is 2.21. The smallest absolute Gasteiger partial charge is 0.274 e. The quantitative estimate of drug-likeness (QED) is 0.312. The Morgan fingerprint density at radius 3 is 2.93 bits per heavy atom. The maximum Gasteiger partial charge on any atom is 0.274 e. The molecule has 0 radical (unpaired) electrons. The van der Waals surface area contributed by atoms with Crippen LogP contribution < -0.4 is 21.6 Å². The van der Waals surface area contributed by atoms with Gasteiger partial charge >= 0.3 is 0 Å². The van der Waals surface area contributed by atoms with E-state index in [1.165, 1.54) is 16.3 Å². The first-order valence-electron chi connectivity index (χ1n) is 9.39. The molecule has 0 spiro atoms. The van der Waals surface area contributed by atoms with Crippen LogP contribution in [0.2, 0.25) is 0 Å². The Labute approximate surface area is 176 Å². The van der Waals surface area contributed by atoms with Crippen LogP contribution in [-0.4, -0.2) is 22.0 Å². The van der Waals surface area contributed by atoms with Gasteiger partial charge in [-0.2, -0.15) is 4.68 Å². The average molecular weight is 410 g/mol. The van der Waals surface area contributed by atoms with Crippen LogP contribution in [0.15, 0.2) is 70.1 Å². The van der Waals surface area contributed by atoms with Crippen molar-refractivity contribution in [3.8, 4) is 12.5 Å². The van der Waals surface area contributed by atoms with Gasteiger partial charge in [-0.3, -0.25) is 4.79 Å². The highest BCUT2D eigenvalue weighted by Gasteiger charge is 2.10. The highest BCUT2D eigenvalue weighted by molar-refractivity contribution is 8.02. The van der Waals surface area contributed by atoms with E-state index in [9.17, 15) is 4.79 Å². The number of aromatic nitrogens is 2. The maximum absolute atomic E-state index is 12.5. The minimum atomic E-state index is -0.275. The lowest BCUT2D eigenvalue weighted by Crippen LogP contribution is -2.31. The van der Waals surface area contributed by atoms with Crippen molar-refractivity contribution < 1.29 is 0 Å². The monoisotopic (exact) mass is 409 g/mol. The summed E-state index contributed by atoms with van der Waals surface area (Å²) in [4.78, 5) is 17.1. The number of anilines is 1. The van der Waals surface area contributed by atoms with Crippen LogP contribution in [0.4, 0.5) is 5.95 Å². The van der Waals surface area contributed by atoms with Crippen molar-refractivity contribution in [3.05, 3.63) is 81.3 Å². The topological polar surface area (TPSA) is 71.0 Å². The van der Waals surface area contributed by atoms with Crippen molar-refractivity contribution in [2.75, 3.05) is 23.0 Å². The molecule has 7 heteroatoms. The zero-order valence-corrected chi connectivity index (χ0v) is 17.7. The number of thioether (sulfide) groups is 1. The number of nitrogens with one attached hydrogen (secondary N) is 3. The van der Waals surface area contributed by atoms with Gasteiger partial charge in [0.2, 0.25) is 5.95 Å². The van der Waals surface area contributed by atoms with E-state index in [0.717, 1.165) is 23.4 Å². The van der Waals surface area contributed by atoms with Crippen molar-refractivity contribution in [3.63, 3.8) is 0 Å². The standard InChI is InChI=1S/C22H27N5OS/c1-5-10-18(6-2)20(7-3)23-15-19-13-21(28)27(25-8-4)22(26-19)24-14-17-11-9-12-29-16-17/h4-5,7,9-13,23,25H,1,6,14-16H2,2-3H3,(H,24,26)/b18-10-,20-7+. The maximum atomic E-state index is 12.5. The predicted molar refractivity (Wildman–Crippen MR) is 124 cm³/mol. The Morgan fingerprint density at radius 1 is 1.48 bits per heavy atom. The molecule has 2 heterocycles. The highest BCUT2D eigenvalue weighted by Crippen LogP contribution is 2.16. The summed E-state index contributed by atoms with van der Waals surface area (Å²) in [6, 6.07) is 3.75. The van der Waals surface area contributed by atoms with Gasteiger partial charge < -0.3 is 10.6 Å². The second-order valence-electron chi connectivity index (χ2n) is 6.16. The first-order chi connectivity index (χ1) is 14.1. The van der Waals surface area contributed by atoms with Crippen molar-refractivity contribution in [1.82, 2.24) is 15.0 Å². The zero-order chi connectivity index (χ0) is 21.1. The Kier molecular flexibility index (Phi) is 8.93. The normalized spacial score (nSPS) is 14.0. The van der Waals surface area contributed by atoms with Crippen LogP contribution in [0.25, 0.3) is 0 Å². The molecule has 0 aliphatic carbocycles. The van der Waals surface area contributed by atoms with E-state index in [1.807, 2.05) is 30.6 Å². The lowest BCUT2D eigenvalue weighted by atomic mass is 10.1. The van der Waals surface area contributed by atoms with Gasteiger partial charge in [-0.15, -0.1) is 11.8 Å². The summed E-state index contributed by atoms with van der Waals surface area (Å²) in [5.41, 5.74) is 6.28.